The summed E-state index contributed by atoms with van der Waals surface area (Å²) >= 11 is 11.8. The molecule has 1 atom stereocenters. The van der Waals surface area contributed by atoms with Crippen LogP contribution in [-0.2, 0) is 14.3 Å². The van der Waals surface area contributed by atoms with Crippen LogP contribution >= 0.6 is 23.2 Å². The molecule has 0 aliphatic rings. The van der Waals surface area contributed by atoms with Gasteiger partial charge < -0.3 is 20.5 Å². The quantitative estimate of drug-likeness (QED) is 0.596. The van der Waals surface area contributed by atoms with E-state index >= 15 is 0 Å². The zero-order chi connectivity index (χ0) is 16.5. The van der Waals surface area contributed by atoms with E-state index < -0.39 is 17.9 Å². The van der Waals surface area contributed by atoms with E-state index in [1.807, 2.05) is 0 Å². The van der Waals surface area contributed by atoms with Gasteiger partial charge in [0.2, 0.25) is 5.91 Å². The Morgan fingerprint density at radius 2 is 2.09 bits per heavy atom. The fourth-order valence-corrected chi connectivity index (χ4v) is 2.07. The molecule has 0 fully saturated rings. The number of anilines is 1. The number of carbonyl (C=O) groups is 2. The van der Waals surface area contributed by atoms with Crippen LogP contribution in [0.3, 0.4) is 0 Å². The zero-order valence-corrected chi connectivity index (χ0v) is 13.6. The van der Waals surface area contributed by atoms with E-state index in [1.165, 1.54) is 0 Å². The van der Waals surface area contributed by atoms with Gasteiger partial charge in [-0.2, -0.15) is 0 Å². The number of carbonyl (C=O) groups excluding carboxylic acids is 1. The lowest BCUT2D eigenvalue weighted by atomic mass is 10.2. The van der Waals surface area contributed by atoms with Gasteiger partial charge in [-0.25, -0.2) is 0 Å². The molecule has 0 aliphatic carbocycles. The predicted octanol–water partition coefficient (Wildman–Crippen LogP) is 2.40. The van der Waals surface area contributed by atoms with Crippen LogP contribution in [0.4, 0.5) is 5.69 Å². The summed E-state index contributed by atoms with van der Waals surface area (Å²) in [6, 6.07) is 3.85. The molecule has 6 nitrogen and oxygen atoms in total. The minimum atomic E-state index is -1.09. The average Bonchev–Trinajstić information content (AvgIpc) is 2.47. The monoisotopic (exact) mass is 348 g/mol. The van der Waals surface area contributed by atoms with Crippen LogP contribution in [0.2, 0.25) is 10.0 Å². The summed E-state index contributed by atoms with van der Waals surface area (Å²) < 4.78 is 4.87. The molecule has 0 bridgehead atoms. The lowest BCUT2D eigenvalue weighted by molar-refractivity contribution is -0.141. The average molecular weight is 349 g/mol. The van der Waals surface area contributed by atoms with Crippen molar-refractivity contribution in [2.45, 2.75) is 18.9 Å². The van der Waals surface area contributed by atoms with E-state index in [1.54, 1.807) is 25.3 Å². The smallest absolute Gasteiger partial charge is 0.321 e. The van der Waals surface area contributed by atoms with Gasteiger partial charge in [0.15, 0.2) is 0 Å². The summed E-state index contributed by atoms with van der Waals surface area (Å²) in [7, 11) is 1.57. The number of methoxy groups -OCH3 is 1. The molecular weight excluding hydrogens is 331 g/mol. The van der Waals surface area contributed by atoms with Crippen LogP contribution in [0.5, 0.6) is 0 Å². The molecule has 0 saturated heterocycles. The van der Waals surface area contributed by atoms with Gasteiger partial charge in [0.05, 0.1) is 22.2 Å². The number of carboxylic acid groups (broad SMARTS) is 1. The summed E-state index contributed by atoms with van der Waals surface area (Å²) in [4.78, 5) is 23.1. The van der Waals surface area contributed by atoms with E-state index in [0.29, 0.717) is 30.3 Å². The van der Waals surface area contributed by atoms with Gasteiger partial charge in [0.25, 0.3) is 0 Å². The largest absolute Gasteiger partial charge is 0.480 e. The highest BCUT2D eigenvalue weighted by Gasteiger charge is 2.21. The number of carboxylic acids is 1. The number of rotatable bonds is 9. The molecule has 1 unspecified atom stereocenters. The maximum absolute atomic E-state index is 11.9. The number of hydrogen-bond acceptors (Lipinski definition) is 4. The highest BCUT2D eigenvalue weighted by Crippen LogP contribution is 2.29. The normalized spacial score (nSPS) is 12.0. The van der Waals surface area contributed by atoms with Crippen molar-refractivity contribution < 1.29 is 19.4 Å². The first-order chi connectivity index (χ1) is 10.5. The Balaban J connectivity index is 2.56. The Morgan fingerprint density at radius 1 is 1.36 bits per heavy atom. The van der Waals surface area contributed by atoms with E-state index in [2.05, 4.69) is 10.6 Å². The lowest BCUT2D eigenvalue weighted by Gasteiger charge is -2.15. The molecule has 1 rings (SSSR count). The Labute approximate surface area is 138 Å². The van der Waals surface area contributed by atoms with Crippen molar-refractivity contribution in [2.24, 2.45) is 0 Å². The topological polar surface area (TPSA) is 87.7 Å². The van der Waals surface area contributed by atoms with Crippen molar-refractivity contribution in [2.75, 3.05) is 25.6 Å². The van der Waals surface area contributed by atoms with Gasteiger partial charge in [-0.05, 0) is 25.1 Å². The molecule has 1 aromatic carbocycles. The standard InChI is InChI=1S/C14H18Cl2N2O4/c1-22-7-3-6-17-11(14(20)21)8-12(19)18-10-5-2-4-9(15)13(10)16/h2,4-5,11,17H,3,6-8H2,1H3,(H,18,19)(H,20,21). The van der Waals surface area contributed by atoms with Gasteiger partial charge in [-0.15, -0.1) is 0 Å². The molecular formula is C14H18Cl2N2O4. The molecule has 1 aromatic rings. The molecule has 0 aromatic heterocycles. The van der Waals surface area contributed by atoms with Crippen molar-refractivity contribution in [1.82, 2.24) is 5.32 Å². The van der Waals surface area contributed by atoms with E-state index in [-0.39, 0.29) is 11.4 Å². The van der Waals surface area contributed by atoms with Crippen molar-refractivity contribution in [3.05, 3.63) is 28.2 Å². The predicted molar refractivity (Wildman–Crippen MR) is 85.6 cm³/mol. The molecule has 0 spiro atoms. The van der Waals surface area contributed by atoms with Gasteiger partial charge in [-0.1, -0.05) is 29.3 Å². The lowest BCUT2D eigenvalue weighted by Crippen LogP contribution is -2.40. The Morgan fingerprint density at radius 3 is 2.73 bits per heavy atom. The fourth-order valence-electron chi connectivity index (χ4n) is 1.73. The maximum Gasteiger partial charge on any atom is 0.321 e. The molecule has 0 radical (unpaired) electrons. The SMILES string of the molecule is COCCCNC(CC(=O)Nc1cccc(Cl)c1Cl)C(=O)O. The number of aliphatic carboxylic acids is 1. The Bertz CT molecular complexity index is 526. The number of ether oxygens (including phenoxy) is 1. The van der Waals surface area contributed by atoms with Crippen LogP contribution in [0.1, 0.15) is 12.8 Å². The minimum Gasteiger partial charge on any atom is -0.480 e. The van der Waals surface area contributed by atoms with Crippen molar-refractivity contribution in [1.29, 1.82) is 0 Å². The highest BCUT2D eigenvalue weighted by molar-refractivity contribution is 6.43. The first-order valence-corrected chi connectivity index (χ1v) is 7.40. The number of nitrogens with one attached hydrogen (secondary N) is 2. The second-order valence-corrected chi connectivity index (χ2v) is 5.33. The van der Waals surface area contributed by atoms with Gasteiger partial charge in [-0.3, -0.25) is 9.59 Å². The third kappa shape index (κ3) is 6.19. The summed E-state index contributed by atoms with van der Waals surface area (Å²) in [5, 5.41) is 15.0. The number of halogens is 2. The molecule has 3 N–H and O–H groups in total. The Hall–Kier alpha value is -1.34. The van der Waals surface area contributed by atoms with Gasteiger partial charge in [0, 0.05) is 13.7 Å². The number of amides is 1. The number of benzene rings is 1. The van der Waals surface area contributed by atoms with E-state index in [9.17, 15) is 9.59 Å². The van der Waals surface area contributed by atoms with Crippen LogP contribution in [0.15, 0.2) is 18.2 Å². The van der Waals surface area contributed by atoms with Crippen LogP contribution < -0.4 is 10.6 Å². The number of hydrogen-bond donors (Lipinski definition) is 3. The van der Waals surface area contributed by atoms with Gasteiger partial charge in [0.1, 0.15) is 6.04 Å². The third-order valence-electron chi connectivity index (χ3n) is 2.83. The van der Waals surface area contributed by atoms with Crippen LogP contribution in [0, 0.1) is 0 Å². The fraction of sp³-hybridized carbons (Fsp3) is 0.429. The molecule has 0 saturated carbocycles. The van der Waals surface area contributed by atoms with Crippen LogP contribution in [0.25, 0.3) is 0 Å². The van der Waals surface area contributed by atoms with Crippen molar-refractivity contribution in [3.63, 3.8) is 0 Å². The summed E-state index contributed by atoms with van der Waals surface area (Å²) in [5.74, 6) is -1.56. The molecule has 1 amide bonds. The van der Waals surface area contributed by atoms with Crippen molar-refractivity contribution in [3.8, 4) is 0 Å². The molecule has 0 heterocycles. The van der Waals surface area contributed by atoms with Crippen LogP contribution in [-0.4, -0.2) is 43.3 Å². The first kappa shape index (κ1) is 18.7. The maximum atomic E-state index is 11.9. The molecule has 0 aliphatic heterocycles. The van der Waals surface area contributed by atoms with E-state index in [4.69, 9.17) is 33.0 Å². The summed E-state index contributed by atoms with van der Waals surface area (Å²) in [6.45, 7) is 0.958. The Kier molecular flexibility index (Phi) is 8.19. The third-order valence-corrected chi connectivity index (χ3v) is 3.65. The minimum absolute atomic E-state index is 0.217. The molecule has 122 valence electrons. The summed E-state index contributed by atoms with van der Waals surface area (Å²) in [5.41, 5.74) is 0.350. The highest BCUT2D eigenvalue weighted by atomic mass is 35.5. The first-order valence-electron chi connectivity index (χ1n) is 6.64. The summed E-state index contributed by atoms with van der Waals surface area (Å²) in [6.07, 6.45) is 0.438. The van der Waals surface area contributed by atoms with Crippen molar-refractivity contribution >= 4 is 40.8 Å². The van der Waals surface area contributed by atoms with E-state index in [0.717, 1.165) is 0 Å². The van der Waals surface area contributed by atoms with Gasteiger partial charge >= 0.3 is 5.97 Å². The molecule has 8 heteroatoms. The zero-order valence-electron chi connectivity index (χ0n) is 12.1. The second-order valence-electron chi connectivity index (χ2n) is 4.54. The molecule has 22 heavy (non-hydrogen) atoms. The second kappa shape index (κ2) is 9.63.